The topological polar surface area (TPSA) is 63.9 Å². The summed E-state index contributed by atoms with van der Waals surface area (Å²) < 4.78 is 5.36. The monoisotopic (exact) mass is 217 g/mol. The highest BCUT2D eigenvalue weighted by Gasteiger charge is 2.14. The maximum absolute atomic E-state index is 5.84. The third-order valence-corrected chi connectivity index (χ3v) is 2.86. The van der Waals surface area contributed by atoms with Gasteiger partial charge in [-0.2, -0.15) is 5.10 Å². The van der Waals surface area contributed by atoms with Gasteiger partial charge in [-0.15, -0.1) is 0 Å². The molecule has 1 aromatic heterocycles. The second-order valence-electron chi connectivity index (χ2n) is 3.78. The van der Waals surface area contributed by atoms with Crippen LogP contribution in [0.1, 0.15) is 11.1 Å². The lowest BCUT2D eigenvalue weighted by molar-refractivity contribution is 0.416. The Morgan fingerprint density at radius 2 is 2.06 bits per heavy atom. The number of aryl methyl sites for hydroxylation is 1. The van der Waals surface area contributed by atoms with E-state index in [2.05, 4.69) is 24.0 Å². The lowest BCUT2D eigenvalue weighted by atomic mass is 9.97. The number of nitrogens with zero attached hydrogens (tertiary/aromatic N) is 1. The molecular formula is C12H15N3O. The number of methoxy groups -OCH3 is 1. The van der Waals surface area contributed by atoms with Crippen LogP contribution in [0.25, 0.3) is 11.1 Å². The molecule has 4 heteroatoms. The molecule has 0 radical (unpaired) electrons. The standard InChI is InChI=1S/C12H15N3O/c1-7-4-5-10(16-3)11(8(7)2)9-6-14-15-12(9)13/h4-6H,1-3H3,(H3,13,14,15). The minimum absolute atomic E-state index is 0.562. The third kappa shape index (κ3) is 1.52. The van der Waals surface area contributed by atoms with Gasteiger partial charge in [0, 0.05) is 11.1 Å². The van der Waals surface area contributed by atoms with Crippen molar-refractivity contribution in [2.45, 2.75) is 13.8 Å². The summed E-state index contributed by atoms with van der Waals surface area (Å²) in [7, 11) is 1.66. The van der Waals surface area contributed by atoms with Crippen LogP contribution in [0.3, 0.4) is 0 Å². The molecule has 16 heavy (non-hydrogen) atoms. The van der Waals surface area contributed by atoms with Crippen molar-refractivity contribution >= 4 is 5.82 Å². The summed E-state index contributed by atoms with van der Waals surface area (Å²) >= 11 is 0. The van der Waals surface area contributed by atoms with Crippen LogP contribution in [0.15, 0.2) is 18.3 Å². The predicted molar refractivity (Wildman–Crippen MR) is 64.5 cm³/mol. The highest BCUT2D eigenvalue weighted by molar-refractivity contribution is 5.81. The van der Waals surface area contributed by atoms with Gasteiger partial charge in [-0.25, -0.2) is 0 Å². The molecule has 1 aromatic carbocycles. The number of nitrogen functional groups attached to an aromatic ring is 1. The first kappa shape index (κ1) is 10.5. The summed E-state index contributed by atoms with van der Waals surface area (Å²) in [5.74, 6) is 1.38. The summed E-state index contributed by atoms with van der Waals surface area (Å²) in [6.07, 6.45) is 1.72. The number of hydrogen-bond acceptors (Lipinski definition) is 3. The zero-order chi connectivity index (χ0) is 11.7. The number of nitrogens with two attached hydrogens (primary N) is 1. The van der Waals surface area contributed by atoms with Gasteiger partial charge in [0.2, 0.25) is 0 Å². The molecule has 0 aliphatic rings. The number of aromatic amines is 1. The average molecular weight is 217 g/mol. The SMILES string of the molecule is COc1ccc(C)c(C)c1-c1cn[nH]c1N. The van der Waals surface area contributed by atoms with Crippen LogP contribution < -0.4 is 10.5 Å². The second-order valence-corrected chi connectivity index (χ2v) is 3.78. The Labute approximate surface area is 94.4 Å². The average Bonchev–Trinajstić information content (AvgIpc) is 2.68. The lowest BCUT2D eigenvalue weighted by Gasteiger charge is -2.12. The fourth-order valence-corrected chi connectivity index (χ4v) is 1.79. The molecule has 84 valence electrons. The largest absolute Gasteiger partial charge is 0.496 e. The van der Waals surface area contributed by atoms with Crippen molar-refractivity contribution < 1.29 is 4.74 Å². The summed E-state index contributed by atoms with van der Waals surface area (Å²) in [5, 5.41) is 6.68. The van der Waals surface area contributed by atoms with Gasteiger partial charge in [0.05, 0.1) is 13.3 Å². The highest BCUT2D eigenvalue weighted by atomic mass is 16.5. The van der Waals surface area contributed by atoms with Gasteiger partial charge in [-0.3, -0.25) is 5.10 Å². The second kappa shape index (κ2) is 3.89. The van der Waals surface area contributed by atoms with E-state index in [1.807, 2.05) is 12.1 Å². The zero-order valence-corrected chi connectivity index (χ0v) is 9.66. The molecule has 4 nitrogen and oxygen atoms in total. The number of nitrogens with one attached hydrogen (secondary N) is 1. The Bertz CT molecular complexity index is 517. The Morgan fingerprint density at radius 1 is 1.31 bits per heavy atom. The van der Waals surface area contributed by atoms with Crippen LogP contribution in [0.2, 0.25) is 0 Å². The Hall–Kier alpha value is -1.97. The first-order valence-electron chi connectivity index (χ1n) is 5.08. The normalized spacial score (nSPS) is 10.4. The van der Waals surface area contributed by atoms with Gasteiger partial charge in [-0.05, 0) is 31.0 Å². The molecule has 1 heterocycles. The summed E-state index contributed by atoms with van der Waals surface area (Å²) in [6.45, 7) is 4.12. The molecule has 0 spiro atoms. The molecular weight excluding hydrogens is 202 g/mol. The van der Waals surface area contributed by atoms with Crippen LogP contribution in [-0.2, 0) is 0 Å². The number of anilines is 1. The van der Waals surface area contributed by atoms with E-state index in [-0.39, 0.29) is 0 Å². The van der Waals surface area contributed by atoms with Crippen molar-refractivity contribution in [3.05, 3.63) is 29.5 Å². The first-order valence-corrected chi connectivity index (χ1v) is 5.08. The number of aromatic nitrogens is 2. The number of hydrogen-bond donors (Lipinski definition) is 2. The van der Waals surface area contributed by atoms with E-state index in [1.165, 1.54) is 5.56 Å². The Kier molecular flexibility index (Phi) is 2.56. The maximum Gasteiger partial charge on any atom is 0.127 e. The van der Waals surface area contributed by atoms with Gasteiger partial charge in [-0.1, -0.05) is 6.07 Å². The molecule has 2 aromatic rings. The van der Waals surface area contributed by atoms with Crippen molar-refractivity contribution in [2.75, 3.05) is 12.8 Å². The summed E-state index contributed by atoms with van der Waals surface area (Å²) in [6, 6.07) is 3.98. The fourth-order valence-electron chi connectivity index (χ4n) is 1.79. The summed E-state index contributed by atoms with van der Waals surface area (Å²) in [5.41, 5.74) is 10.1. The Balaban J connectivity index is 2.72. The van der Waals surface area contributed by atoms with Gasteiger partial charge >= 0.3 is 0 Å². The highest BCUT2D eigenvalue weighted by Crippen LogP contribution is 2.36. The third-order valence-electron chi connectivity index (χ3n) is 2.86. The van der Waals surface area contributed by atoms with Crippen LogP contribution in [0.4, 0.5) is 5.82 Å². The summed E-state index contributed by atoms with van der Waals surface area (Å²) in [4.78, 5) is 0. The first-order chi connectivity index (χ1) is 7.65. The number of benzene rings is 1. The van der Waals surface area contributed by atoms with E-state index in [0.29, 0.717) is 5.82 Å². The minimum atomic E-state index is 0.562. The zero-order valence-electron chi connectivity index (χ0n) is 9.66. The van der Waals surface area contributed by atoms with E-state index in [4.69, 9.17) is 10.5 Å². The van der Waals surface area contributed by atoms with Crippen molar-refractivity contribution in [1.82, 2.24) is 10.2 Å². The molecule has 0 unspecified atom stereocenters. The molecule has 3 N–H and O–H groups in total. The van der Waals surface area contributed by atoms with Crippen molar-refractivity contribution in [3.8, 4) is 16.9 Å². The van der Waals surface area contributed by atoms with Gasteiger partial charge in [0.25, 0.3) is 0 Å². The molecule has 0 amide bonds. The number of rotatable bonds is 2. The molecule has 0 aliphatic carbocycles. The van der Waals surface area contributed by atoms with E-state index in [9.17, 15) is 0 Å². The maximum atomic E-state index is 5.84. The predicted octanol–water partition coefficient (Wildman–Crippen LogP) is 2.28. The molecule has 2 rings (SSSR count). The van der Waals surface area contributed by atoms with Crippen molar-refractivity contribution in [2.24, 2.45) is 0 Å². The van der Waals surface area contributed by atoms with E-state index in [1.54, 1.807) is 13.3 Å². The van der Waals surface area contributed by atoms with E-state index in [0.717, 1.165) is 22.4 Å². The van der Waals surface area contributed by atoms with Gasteiger partial charge in [0.15, 0.2) is 0 Å². The quantitative estimate of drug-likeness (QED) is 0.811. The fraction of sp³-hybridized carbons (Fsp3) is 0.250. The Morgan fingerprint density at radius 3 is 2.62 bits per heavy atom. The van der Waals surface area contributed by atoms with Crippen molar-refractivity contribution in [3.63, 3.8) is 0 Å². The molecule has 0 fully saturated rings. The van der Waals surface area contributed by atoms with Gasteiger partial charge in [0.1, 0.15) is 11.6 Å². The number of ether oxygens (including phenoxy) is 1. The van der Waals surface area contributed by atoms with Crippen LogP contribution in [-0.4, -0.2) is 17.3 Å². The smallest absolute Gasteiger partial charge is 0.127 e. The van der Waals surface area contributed by atoms with Gasteiger partial charge < -0.3 is 10.5 Å². The van der Waals surface area contributed by atoms with E-state index >= 15 is 0 Å². The van der Waals surface area contributed by atoms with Crippen LogP contribution >= 0.6 is 0 Å². The molecule has 0 aliphatic heterocycles. The lowest BCUT2D eigenvalue weighted by Crippen LogP contribution is -1.95. The molecule has 0 atom stereocenters. The van der Waals surface area contributed by atoms with E-state index < -0.39 is 0 Å². The van der Waals surface area contributed by atoms with Crippen LogP contribution in [0.5, 0.6) is 5.75 Å². The molecule has 0 saturated carbocycles. The molecule has 0 saturated heterocycles. The van der Waals surface area contributed by atoms with Crippen LogP contribution in [0, 0.1) is 13.8 Å². The van der Waals surface area contributed by atoms with Crippen molar-refractivity contribution in [1.29, 1.82) is 0 Å². The minimum Gasteiger partial charge on any atom is -0.496 e. The molecule has 0 bridgehead atoms. The number of H-pyrrole nitrogens is 1.